The molecule has 0 atom stereocenters. The summed E-state index contributed by atoms with van der Waals surface area (Å²) < 4.78 is 0.724. The van der Waals surface area contributed by atoms with E-state index >= 15 is 0 Å². The summed E-state index contributed by atoms with van der Waals surface area (Å²) in [6.07, 6.45) is 6.12. The summed E-state index contributed by atoms with van der Waals surface area (Å²) >= 11 is 7.06. The van der Waals surface area contributed by atoms with Crippen molar-refractivity contribution in [3.05, 3.63) is 44.6 Å². The van der Waals surface area contributed by atoms with E-state index in [-0.39, 0.29) is 0 Å². The Bertz CT molecular complexity index is 566. The van der Waals surface area contributed by atoms with Crippen molar-refractivity contribution in [1.29, 1.82) is 0 Å². The van der Waals surface area contributed by atoms with Crippen LogP contribution in [0.2, 0.25) is 0 Å². The fourth-order valence-corrected chi connectivity index (χ4v) is 3.59. The minimum Gasteiger partial charge on any atom is -0.347 e. The summed E-state index contributed by atoms with van der Waals surface area (Å²) in [6, 6.07) is 6.27. The molecule has 0 bridgehead atoms. The predicted octanol–water partition coefficient (Wildman–Crippen LogP) is 4.45. The molecule has 0 aliphatic heterocycles. The van der Waals surface area contributed by atoms with Crippen LogP contribution >= 0.6 is 23.6 Å². The number of hydrogen-bond donors (Lipinski definition) is 1. The second-order valence-corrected chi connectivity index (χ2v) is 6.31. The zero-order valence-electron chi connectivity index (χ0n) is 10.2. The fourth-order valence-electron chi connectivity index (χ4n) is 2.65. The number of nitrogens with zero attached hydrogens (tertiary/aromatic N) is 1. The molecule has 0 amide bonds. The number of aromatic nitrogens is 2. The molecule has 4 heteroatoms. The lowest BCUT2D eigenvalue weighted by Gasteiger charge is -2.11. The van der Waals surface area contributed by atoms with Gasteiger partial charge >= 0.3 is 0 Å². The molecule has 94 valence electrons. The van der Waals surface area contributed by atoms with E-state index < -0.39 is 0 Å². The third-order valence-electron chi connectivity index (χ3n) is 3.53. The molecule has 1 aliphatic carbocycles. The molecule has 0 aromatic carbocycles. The number of H-pyrrole nitrogens is 1. The van der Waals surface area contributed by atoms with Gasteiger partial charge in [0.05, 0.1) is 0 Å². The monoisotopic (exact) mass is 276 g/mol. The molecule has 1 fully saturated rings. The van der Waals surface area contributed by atoms with Gasteiger partial charge in [-0.25, -0.2) is 4.98 Å². The molecule has 2 aromatic rings. The molecule has 0 unspecified atom stereocenters. The van der Waals surface area contributed by atoms with Gasteiger partial charge in [-0.3, -0.25) is 0 Å². The van der Waals surface area contributed by atoms with Crippen LogP contribution in [0.5, 0.6) is 0 Å². The van der Waals surface area contributed by atoms with Gasteiger partial charge in [0.15, 0.2) is 0 Å². The summed E-state index contributed by atoms with van der Waals surface area (Å²) in [5.74, 6) is 1.67. The maximum atomic E-state index is 5.29. The Hall–Kier alpha value is -1.00. The van der Waals surface area contributed by atoms with Crippen molar-refractivity contribution in [3.63, 3.8) is 0 Å². The van der Waals surface area contributed by atoms with Crippen LogP contribution in [0, 0.1) is 4.64 Å². The van der Waals surface area contributed by atoms with Crippen LogP contribution in [0.1, 0.15) is 48.0 Å². The number of thiophene rings is 1. The molecule has 2 nitrogen and oxygen atoms in total. The van der Waals surface area contributed by atoms with E-state index in [4.69, 9.17) is 12.2 Å². The van der Waals surface area contributed by atoms with Crippen LogP contribution in [0.3, 0.4) is 0 Å². The molecule has 1 saturated carbocycles. The molecular formula is C14H16N2S2. The lowest BCUT2D eigenvalue weighted by molar-refractivity contribution is 0.685. The first kappa shape index (κ1) is 12.1. The molecule has 0 spiro atoms. The molecule has 0 saturated heterocycles. The number of aromatic amines is 1. The highest BCUT2D eigenvalue weighted by molar-refractivity contribution is 7.71. The number of hydrogen-bond acceptors (Lipinski definition) is 3. The van der Waals surface area contributed by atoms with Crippen molar-refractivity contribution in [1.82, 2.24) is 9.97 Å². The van der Waals surface area contributed by atoms with Gasteiger partial charge in [0.25, 0.3) is 0 Å². The topological polar surface area (TPSA) is 28.7 Å². The van der Waals surface area contributed by atoms with Gasteiger partial charge in [0.2, 0.25) is 0 Å². The lowest BCUT2D eigenvalue weighted by Crippen LogP contribution is -2.03. The van der Waals surface area contributed by atoms with E-state index in [1.54, 1.807) is 11.3 Å². The zero-order valence-corrected chi connectivity index (χ0v) is 11.8. The summed E-state index contributed by atoms with van der Waals surface area (Å²) in [4.78, 5) is 9.27. The average Bonchev–Trinajstić information content (AvgIpc) is 3.00. The maximum Gasteiger partial charge on any atom is 0.130 e. The van der Waals surface area contributed by atoms with Crippen molar-refractivity contribution < 1.29 is 0 Å². The summed E-state index contributed by atoms with van der Waals surface area (Å²) in [6.45, 7) is 0. The highest BCUT2D eigenvalue weighted by atomic mass is 32.1. The van der Waals surface area contributed by atoms with Gasteiger partial charge in [-0.2, -0.15) is 0 Å². The highest BCUT2D eigenvalue weighted by Crippen LogP contribution is 2.33. The Labute approximate surface area is 116 Å². The Morgan fingerprint density at radius 3 is 2.94 bits per heavy atom. The minimum atomic E-state index is 0.664. The summed E-state index contributed by atoms with van der Waals surface area (Å²) in [5.41, 5.74) is 1.29. The van der Waals surface area contributed by atoms with Crippen LogP contribution in [0.15, 0.2) is 23.6 Å². The van der Waals surface area contributed by atoms with Gasteiger partial charge in [0.1, 0.15) is 10.5 Å². The smallest absolute Gasteiger partial charge is 0.130 e. The number of nitrogens with one attached hydrogen (secondary N) is 1. The Morgan fingerprint density at radius 1 is 1.39 bits per heavy atom. The quantitative estimate of drug-likeness (QED) is 0.839. The van der Waals surface area contributed by atoms with Gasteiger partial charge < -0.3 is 4.98 Å². The molecule has 3 rings (SSSR count). The summed E-state index contributed by atoms with van der Waals surface area (Å²) in [7, 11) is 0. The Balaban J connectivity index is 1.88. The van der Waals surface area contributed by atoms with Gasteiger partial charge in [0, 0.05) is 17.0 Å². The van der Waals surface area contributed by atoms with E-state index in [0.717, 1.165) is 16.9 Å². The Kier molecular flexibility index (Phi) is 3.57. The van der Waals surface area contributed by atoms with Gasteiger partial charge in [-0.1, -0.05) is 31.1 Å². The largest absolute Gasteiger partial charge is 0.347 e. The van der Waals surface area contributed by atoms with Crippen molar-refractivity contribution >= 4 is 23.6 Å². The second-order valence-electron chi connectivity index (χ2n) is 4.86. The van der Waals surface area contributed by atoms with E-state index in [2.05, 4.69) is 27.5 Å². The standard InChI is InChI=1S/C14H16N2S2/c17-14-9-12(10-4-1-2-5-10)15-13(16-14)8-11-6-3-7-18-11/h3,6-7,9-10H,1-2,4-5,8H2,(H,15,16,17). The molecule has 18 heavy (non-hydrogen) atoms. The van der Waals surface area contributed by atoms with Gasteiger partial charge in [-0.05, 0) is 36.3 Å². The maximum absolute atomic E-state index is 5.29. The van der Waals surface area contributed by atoms with Crippen LogP contribution < -0.4 is 0 Å². The second kappa shape index (κ2) is 5.33. The normalized spacial score (nSPS) is 16.2. The third-order valence-corrected chi connectivity index (χ3v) is 4.62. The first-order valence-corrected chi connectivity index (χ1v) is 7.72. The number of rotatable bonds is 3. The molecule has 2 aromatic heterocycles. The van der Waals surface area contributed by atoms with Crippen molar-refractivity contribution in [3.8, 4) is 0 Å². The summed E-state index contributed by atoms with van der Waals surface area (Å²) in [5, 5.41) is 2.10. The van der Waals surface area contributed by atoms with E-state index in [9.17, 15) is 0 Å². The Morgan fingerprint density at radius 2 is 2.22 bits per heavy atom. The zero-order chi connectivity index (χ0) is 12.4. The highest BCUT2D eigenvalue weighted by Gasteiger charge is 2.18. The van der Waals surface area contributed by atoms with Crippen LogP contribution in [0.4, 0.5) is 0 Å². The average molecular weight is 276 g/mol. The van der Waals surface area contributed by atoms with Crippen molar-refractivity contribution in [2.24, 2.45) is 0 Å². The molecule has 1 aliphatic rings. The first-order chi connectivity index (χ1) is 8.81. The van der Waals surface area contributed by atoms with E-state index in [0.29, 0.717) is 5.92 Å². The predicted molar refractivity (Wildman–Crippen MR) is 77.8 cm³/mol. The van der Waals surface area contributed by atoms with E-state index in [1.807, 2.05) is 6.07 Å². The van der Waals surface area contributed by atoms with Crippen LogP contribution in [0.25, 0.3) is 0 Å². The molecule has 2 heterocycles. The fraction of sp³-hybridized carbons (Fsp3) is 0.429. The van der Waals surface area contributed by atoms with Crippen molar-refractivity contribution in [2.75, 3.05) is 0 Å². The van der Waals surface area contributed by atoms with Gasteiger partial charge in [-0.15, -0.1) is 11.3 Å². The SMILES string of the molecule is S=c1cc(C2CCCC2)[nH]c(Cc2cccs2)n1. The minimum absolute atomic E-state index is 0.664. The third kappa shape index (κ3) is 2.70. The van der Waals surface area contributed by atoms with E-state index in [1.165, 1.54) is 36.3 Å². The molecule has 0 radical (unpaired) electrons. The van der Waals surface area contributed by atoms with Crippen molar-refractivity contribution in [2.45, 2.75) is 38.0 Å². The first-order valence-electron chi connectivity index (χ1n) is 6.44. The lowest BCUT2D eigenvalue weighted by atomic mass is 10.0. The molecular weight excluding hydrogens is 260 g/mol. The van der Waals surface area contributed by atoms with Crippen LogP contribution in [-0.2, 0) is 6.42 Å². The molecule has 1 N–H and O–H groups in total. The van der Waals surface area contributed by atoms with Crippen LogP contribution in [-0.4, -0.2) is 9.97 Å².